The molecule has 1 fully saturated rings. The Balaban J connectivity index is 1.49. The summed E-state index contributed by atoms with van der Waals surface area (Å²) in [5, 5.41) is 15.4. The van der Waals surface area contributed by atoms with Gasteiger partial charge in [-0.15, -0.1) is 0 Å². The zero-order valence-electron chi connectivity index (χ0n) is 20.6. The summed E-state index contributed by atoms with van der Waals surface area (Å²) in [4.78, 5) is 27.4. The van der Waals surface area contributed by atoms with Gasteiger partial charge in [-0.3, -0.25) is 19.8 Å². The van der Waals surface area contributed by atoms with E-state index in [1.807, 2.05) is 67.3 Å². The largest absolute Gasteiger partial charge is 0.490 e. The van der Waals surface area contributed by atoms with E-state index < -0.39 is 17.5 Å². The highest BCUT2D eigenvalue weighted by Gasteiger charge is 2.68. The number of carbonyl (C=O) groups is 1. The van der Waals surface area contributed by atoms with E-state index in [-0.39, 0.29) is 10.8 Å². The molecule has 8 heteroatoms. The summed E-state index contributed by atoms with van der Waals surface area (Å²) < 4.78 is 11.9. The monoisotopic (exact) mass is 487 g/mol. The van der Waals surface area contributed by atoms with Gasteiger partial charge in [0.15, 0.2) is 17.0 Å². The summed E-state index contributed by atoms with van der Waals surface area (Å²) in [7, 11) is 1.78. The first-order valence-corrected chi connectivity index (χ1v) is 12.1. The van der Waals surface area contributed by atoms with Crippen LogP contribution in [0.4, 0.5) is 5.69 Å². The van der Waals surface area contributed by atoms with Crippen LogP contribution in [-0.2, 0) is 16.9 Å². The molecule has 1 amide bonds. The molecular formula is C28H29N3O5. The number of ether oxygens (including phenoxy) is 2. The van der Waals surface area contributed by atoms with Crippen molar-refractivity contribution in [1.29, 1.82) is 0 Å². The predicted molar refractivity (Wildman–Crippen MR) is 136 cm³/mol. The maximum Gasteiger partial charge on any atom is 0.256 e. The maximum absolute atomic E-state index is 13.3. The van der Waals surface area contributed by atoms with Gasteiger partial charge < -0.3 is 14.8 Å². The van der Waals surface area contributed by atoms with Gasteiger partial charge in [-0.2, -0.15) is 0 Å². The third kappa shape index (κ3) is 3.78. The molecule has 3 atom stereocenters. The minimum Gasteiger partial charge on any atom is -0.490 e. The fraction of sp³-hybridized carbons (Fsp3) is 0.321. The van der Waals surface area contributed by atoms with E-state index in [9.17, 15) is 14.9 Å². The van der Waals surface area contributed by atoms with E-state index >= 15 is 0 Å². The van der Waals surface area contributed by atoms with Crippen molar-refractivity contribution in [3.63, 3.8) is 0 Å². The van der Waals surface area contributed by atoms with E-state index in [1.165, 1.54) is 5.56 Å². The van der Waals surface area contributed by atoms with Crippen LogP contribution in [-0.4, -0.2) is 42.0 Å². The van der Waals surface area contributed by atoms with Gasteiger partial charge in [0.2, 0.25) is 0 Å². The van der Waals surface area contributed by atoms with E-state index in [2.05, 4.69) is 5.32 Å². The van der Waals surface area contributed by atoms with Crippen molar-refractivity contribution in [2.45, 2.75) is 38.0 Å². The number of anilines is 1. The molecule has 0 aromatic heterocycles. The number of likely N-dealkylation sites (tertiary alicyclic amines) is 1. The number of carbonyl (C=O) groups excluding carboxylic acids is 1. The summed E-state index contributed by atoms with van der Waals surface area (Å²) in [6.07, 6.45) is 0. The predicted octanol–water partition coefficient (Wildman–Crippen LogP) is 4.49. The Labute approximate surface area is 210 Å². The lowest BCUT2D eigenvalue weighted by Gasteiger charge is -2.30. The van der Waals surface area contributed by atoms with Crippen LogP contribution in [0.15, 0.2) is 66.7 Å². The first kappa shape index (κ1) is 23.8. The fourth-order valence-electron chi connectivity index (χ4n) is 5.57. The molecule has 2 aliphatic heterocycles. The lowest BCUT2D eigenvalue weighted by Crippen LogP contribution is -2.54. The second-order valence-corrected chi connectivity index (χ2v) is 9.40. The van der Waals surface area contributed by atoms with Crippen LogP contribution in [0.3, 0.4) is 0 Å². The molecule has 186 valence electrons. The molecule has 0 radical (unpaired) electrons. The van der Waals surface area contributed by atoms with Crippen LogP contribution in [0, 0.1) is 17.0 Å². The molecule has 2 heterocycles. The molecule has 1 spiro atoms. The van der Waals surface area contributed by atoms with E-state index in [1.54, 1.807) is 25.2 Å². The molecule has 3 aromatic carbocycles. The molecular weight excluding hydrogens is 458 g/mol. The third-order valence-electron chi connectivity index (χ3n) is 7.25. The molecule has 0 bridgehead atoms. The number of fused-ring (bicyclic) bond motifs is 2. The van der Waals surface area contributed by atoms with Crippen molar-refractivity contribution in [3.05, 3.63) is 99.1 Å². The quantitative estimate of drug-likeness (QED) is 0.390. The lowest BCUT2D eigenvalue weighted by molar-refractivity contribution is -0.534. The first-order valence-electron chi connectivity index (χ1n) is 12.1. The van der Waals surface area contributed by atoms with Gasteiger partial charge in [0.05, 0.1) is 12.5 Å². The summed E-state index contributed by atoms with van der Waals surface area (Å²) in [5.74, 6) is 0.221. The number of rotatable bonds is 7. The molecule has 1 saturated heterocycles. The van der Waals surface area contributed by atoms with Crippen molar-refractivity contribution >= 4 is 11.6 Å². The van der Waals surface area contributed by atoms with Crippen molar-refractivity contribution < 1.29 is 19.2 Å². The highest BCUT2D eigenvalue weighted by atomic mass is 16.6. The van der Waals surface area contributed by atoms with Crippen LogP contribution >= 0.6 is 0 Å². The molecule has 36 heavy (non-hydrogen) atoms. The van der Waals surface area contributed by atoms with Gasteiger partial charge >= 0.3 is 0 Å². The Morgan fingerprint density at radius 3 is 2.56 bits per heavy atom. The lowest BCUT2D eigenvalue weighted by atomic mass is 9.79. The number of aryl methyl sites for hydroxylation is 1. The fourth-order valence-corrected chi connectivity index (χ4v) is 5.57. The number of nitrogens with zero attached hydrogens (tertiary/aromatic N) is 2. The van der Waals surface area contributed by atoms with Gasteiger partial charge in [0, 0.05) is 22.7 Å². The van der Waals surface area contributed by atoms with Gasteiger partial charge in [0.25, 0.3) is 11.9 Å². The average Bonchev–Trinajstić information content (AvgIpc) is 3.34. The van der Waals surface area contributed by atoms with Crippen molar-refractivity contribution in [2.24, 2.45) is 0 Å². The highest BCUT2D eigenvalue weighted by molar-refractivity contribution is 6.06. The Kier molecular flexibility index (Phi) is 6.14. The zero-order valence-corrected chi connectivity index (χ0v) is 20.6. The first-order chi connectivity index (χ1) is 17.4. The van der Waals surface area contributed by atoms with Gasteiger partial charge in [-0.1, -0.05) is 54.1 Å². The van der Waals surface area contributed by atoms with Crippen molar-refractivity contribution in [3.8, 4) is 11.5 Å². The van der Waals surface area contributed by atoms with Crippen molar-refractivity contribution in [2.75, 3.05) is 25.5 Å². The minimum atomic E-state index is -1.38. The highest BCUT2D eigenvalue weighted by Crippen LogP contribution is 2.52. The van der Waals surface area contributed by atoms with Crippen molar-refractivity contribution in [1.82, 2.24) is 4.90 Å². The molecule has 2 aliphatic rings. The number of nitrogens with one attached hydrogen (secondary N) is 1. The number of benzene rings is 3. The second-order valence-electron chi connectivity index (χ2n) is 9.40. The molecule has 0 aliphatic carbocycles. The van der Waals surface area contributed by atoms with E-state index in [4.69, 9.17) is 9.47 Å². The standard InChI is InChI=1S/C28H29N3O5/c1-4-35-25-15-20(13-14-24(25)36-17-19-11-9-18(2)10-12-19)21-16-30(3)28(26(21)31(33)34)22-7-5-6-8-23(22)29-27(28)32/h5-15,21,26H,4,16-17H2,1-3H3,(H,29,32)/t21-,26+,28+/m0/s1. The van der Waals surface area contributed by atoms with Crippen LogP contribution in [0.5, 0.6) is 11.5 Å². The number of likely N-dealkylation sites (N-methyl/N-ethyl adjacent to an activating group) is 1. The zero-order chi connectivity index (χ0) is 25.4. The average molecular weight is 488 g/mol. The van der Waals surface area contributed by atoms with Crippen LogP contribution in [0.2, 0.25) is 0 Å². The minimum absolute atomic E-state index is 0.308. The Morgan fingerprint density at radius 1 is 1.08 bits per heavy atom. The van der Waals surface area contributed by atoms with Crippen LogP contribution in [0.25, 0.3) is 0 Å². The smallest absolute Gasteiger partial charge is 0.256 e. The Morgan fingerprint density at radius 2 is 1.83 bits per heavy atom. The number of nitro groups is 1. The number of hydrogen-bond acceptors (Lipinski definition) is 6. The maximum atomic E-state index is 13.3. The molecule has 3 aromatic rings. The summed E-state index contributed by atoms with van der Waals surface area (Å²) in [5.41, 5.74) is 2.84. The Bertz CT molecular complexity index is 1310. The topological polar surface area (TPSA) is 93.9 Å². The Hall–Kier alpha value is -3.91. The molecule has 8 nitrogen and oxygen atoms in total. The summed E-state index contributed by atoms with van der Waals surface area (Å²) >= 11 is 0. The van der Waals surface area contributed by atoms with Gasteiger partial charge in [-0.05, 0) is 50.2 Å². The van der Waals surface area contributed by atoms with Gasteiger partial charge in [-0.25, -0.2) is 0 Å². The summed E-state index contributed by atoms with van der Waals surface area (Å²) in [6, 6.07) is 19.6. The number of hydrogen-bond donors (Lipinski definition) is 1. The molecule has 0 saturated carbocycles. The third-order valence-corrected chi connectivity index (χ3v) is 7.25. The van der Waals surface area contributed by atoms with Gasteiger partial charge in [0.1, 0.15) is 6.61 Å². The number of amides is 1. The van der Waals surface area contributed by atoms with E-state index in [0.29, 0.717) is 42.5 Å². The molecule has 0 unspecified atom stereocenters. The normalized spacial score (nSPS) is 22.9. The molecule has 1 N–H and O–H groups in total. The van der Waals surface area contributed by atoms with Crippen LogP contribution < -0.4 is 14.8 Å². The second kappa shape index (κ2) is 9.28. The SMILES string of the molecule is CCOc1cc([C@@H]2CN(C)[C@@]3(C(=O)Nc4ccccc43)[C@@H]2[N+](=O)[O-])ccc1OCc1ccc(C)cc1. The molecule has 5 rings (SSSR count). The van der Waals surface area contributed by atoms with Crippen LogP contribution in [0.1, 0.15) is 35.1 Å². The van der Waals surface area contributed by atoms with E-state index in [0.717, 1.165) is 11.1 Å². The number of para-hydroxylation sites is 1. The summed E-state index contributed by atoms with van der Waals surface area (Å²) in [6.45, 7) is 5.07.